The van der Waals surface area contributed by atoms with Gasteiger partial charge in [0.15, 0.2) is 0 Å². The third kappa shape index (κ3) is 1.87. The van der Waals surface area contributed by atoms with E-state index in [1.807, 2.05) is 12.1 Å². The molecule has 0 amide bonds. The number of para-hydroxylation sites is 1. The topological polar surface area (TPSA) is 49.3 Å². The number of carboxylic acid groups (broad SMARTS) is 1. The van der Waals surface area contributed by atoms with E-state index in [1.54, 1.807) is 6.07 Å². The van der Waals surface area contributed by atoms with Crippen LogP contribution in [0.5, 0.6) is 0 Å². The molecule has 5 atom stereocenters. The van der Waals surface area contributed by atoms with E-state index in [-0.39, 0.29) is 6.04 Å². The maximum atomic E-state index is 11.7. The van der Waals surface area contributed by atoms with Gasteiger partial charge in [0, 0.05) is 0 Å². The predicted octanol–water partition coefficient (Wildman–Crippen LogP) is 4.68. The first-order chi connectivity index (χ1) is 11.7. The molecule has 0 spiro atoms. The van der Waals surface area contributed by atoms with Crippen LogP contribution in [-0.4, -0.2) is 11.1 Å². The maximum Gasteiger partial charge on any atom is 0.337 e. The standard InChI is InChI=1S/C21H21NO2/c23-21(24)16-8-4-7-15-17-13-9-10-14(11-13)18(17)19(22-20(15)16)12-5-2-1-3-6-12/h1-8,13-14,17-19,22H,9-11H2,(H,23,24)/t13-,14+,17-,18+,19+/m0/s1. The Labute approximate surface area is 141 Å². The Kier molecular flexibility index (Phi) is 2.99. The van der Waals surface area contributed by atoms with Gasteiger partial charge < -0.3 is 10.4 Å². The number of carbonyl (C=O) groups is 1. The highest BCUT2D eigenvalue weighted by molar-refractivity contribution is 5.95. The molecule has 1 aliphatic heterocycles. The van der Waals surface area contributed by atoms with Crippen LogP contribution in [0.15, 0.2) is 48.5 Å². The minimum atomic E-state index is -0.840. The summed E-state index contributed by atoms with van der Waals surface area (Å²) in [6.07, 6.45) is 3.92. The van der Waals surface area contributed by atoms with E-state index in [0.717, 1.165) is 17.5 Å². The van der Waals surface area contributed by atoms with Gasteiger partial charge in [-0.1, -0.05) is 42.5 Å². The highest BCUT2D eigenvalue weighted by Crippen LogP contribution is 2.63. The molecule has 3 nitrogen and oxygen atoms in total. The lowest BCUT2D eigenvalue weighted by atomic mass is 9.67. The Morgan fingerprint density at radius 1 is 1.00 bits per heavy atom. The number of carboxylic acids is 1. The van der Waals surface area contributed by atoms with Crippen LogP contribution in [0.25, 0.3) is 0 Å². The van der Waals surface area contributed by atoms with E-state index < -0.39 is 5.97 Å². The molecule has 2 bridgehead atoms. The van der Waals surface area contributed by atoms with Crippen LogP contribution < -0.4 is 5.32 Å². The second kappa shape index (κ2) is 5.10. The number of hydrogen-bond donors (Lipinski definition) is 2. The number of fused-ring (bicyclic) bond motifs is 7. The minimum Gasteiger partial charge on any atom is -0.478 e. The Morgan fingerprint density at radius 2 is 1.79 bits per heavy atom. The van der Waals surface area contributed by atoms with E-state index in [9.17, 15) is 9.90 Å². The molecule has 1 heterocycles. The van der Waals surface area contributed by atoms with Crippen LogP contribution >= 0.6 is 0 Å². The second-order valence-corrected chi connectivity index (χ2v) is 7.54. The summed E-state index contributed by atoms with van der Waals surface area (Å²) in [5, 5.41) is 13.3. The normalized spacial score (nSPS) is 32.8. The lowest BCUT2D eigenvalue weighted by Gasteiger charge is -2.44. The summed E-state index contributed by atoms with van der Waals surface area (Å²) in [4.78, 5) is 11.7. The minimum absolute atomic E-state index is 0.222. The zero-order chi connectivity index (χ0) is 16.3. The molecule has 2 fully saturated rings. The molecule has 0 radical (unpaired) electrons. The molecule has 0 saturated heterocycles. The van der Waals surface area contributed by atoms with Crippen molar-refractivity contribution < 1.29 is 9.90 Å². The van der Waals surface area contributed by atoms with E-state index in [1.165, 1.54) is 30.4 Å². The molecule has 2 aromatic rings. The Balaban J connectivity index is 1.69. The average molecular weight is 319 g/mol. The van der Waals surface area contributed by atoms with Gasteiger partial charge >= 0.3 is 5.97 Å². The lowest BCUT2D eigenvalue weighted by Crippen LogP contribution is -2.36. The van der Waals surface area contributed by atoms with Crippen LogP contribution in [-0.2, 0) is 0 Å². The van der Waals surface area contributed by atoms with Gasteiger partial charge in [-0.3, -0.25) is 0 Å². The van der Waals surface area contributed by atoms with Crippen molar-refractivity contribution in [1.82, 2.24) is 0 Å². The molecule has 122 valence electrons. The molecule has 3 aliphatic rings. The molecule has 2 saturated carbocycles. The first-order valence-corrected chi connectivity index (χ1v) is 8.91. The number of nitrogens with one attached hydrogen (secondary N) is 1. The largest absolute Gasteiger partial charge is 0.478 e. The number of aromatic carboxylic acids is 1. The quantitative estimate of drug-likeness (QED) is 0.845. The van der Waals surface area contributed by atoms with Gasteiger partial charge in [-0.15, -0.1) is 0 Å². The van der Waals surface area contributed by atoms with Gasteiger partial charge in [0.1, 0.15) is 0 Å². The SMILES string of the molecule is O=C(O)c1cccc2c1N[C@H](c1ccccc1)[C@@H]1[C@@H]3CC[C@@H](C3)[C@@H]21. The van der Waals surface area contributed by atoms with Crippen molar-refractivity contribution in [2.24, 2.45) is 17.8 Å². The molecule has 2 aromatic carbocycles. The van der Waals surface area contributed by atoms with Crippen LogP contribution in [0.3, 0.4) is 0 Å². The van der Waals surface area contributed by atoms with E-state index in [0.29, 0.717) is 17.4 Å². The molecular weight excluding hydrogens is 298 g/mol. The Morgan fingerprint density at radius 3 is 2.58 bits per heavy atom. The molecule has 24 heavy (non-hydrogen) atoms. The molecule has 2 N–H and O–H groups in total. The van der Waals surface area contributed by atoms with Crippen molar-refractivity contribution in [3.63, 3.8) is 0 Å². The predicted molar refractivity (Wildman–Crippen MR) is 93.3 cm³/mol. The fraction of sp³-hybridized carbons (Fsp3) is 0.381. The molecule has 2 aliphatic carbocycles. The van der Waals surface area contributed by atoms with Crippen molar-refractivity contribution in [1.29, 1.82) is 0 Å². The highest BCUT2D eigenvalue weighted by atomic mass is 16.4. The fourth-order valence-corrected chi connectivity index (χ4v) is 5.68. The van der Waals surface area contributed by atoms with Gasteiger partial charge in [-0.05, 0) is 60.1 Å². The van der Waals surface area contributed by atoms with Crippen LogP contribution in [0.2, 0.25) is 0 Å². The number of anilines is 1. The monoisotopic (exact) mass is 319 g/mol. The number of benzene rings is 2. The summed E-state index contributed by atoms with van der Waals surface area (Å²) in [5.74, 6) is 1.73. The van der Waals surface area contributed by atoms with Crippen molar-refractivity contribution in [2.75, 3.05) is 5.32 Å². The van der Waals surface area contributed by atoms with Crippen molar-refractivity contribution in [3.8, 4) is 0 Å². The first-order valence-electron chi connectivity index (χ1n) is 8.91. The number of hydrogen-bond acceptors (Lipinski definition) is 2. The van der Waals surface area contributed by atoms with Crippen molar-refractivity contribution in [2.45, 2.75) is 31.2 Å². The summed E-state index contributed by atoms with van der Waals surface area (Å²) >= 11 is 0. The summed E-state index contributed by atoms with van der Waals surface area (Å²) in [6, 6.07) is 16.6. The average Bonchev–Trinajstić information content (AvgIpc) is 3.23. The third-order valence-electron chi connectivity index (χ3n) is 6.51. The molecule has 0 aromatic heterocycles. The van der Waals surface area contributed by atoms with Gasteiger partial charge in [-0.2, -0.15) is 0 Å². The second-order valence-electron chi connectivity index (χ2n) is 7.54. The van der Waals surface area contributed by atoms with E-state index >= 15 is 0 Å². The zero-order valence-corrected chi connectivity index (χ0v) is 13.5. The zero-order valence-electron chi connectivity index (χ0n) is 13.5. The lowest BCUT2D eigenvalue weighted by molar-refractivity contribution is 0.0697. The summed E-state index contributed by atoms with van der Waals surface area (Å²) in [7, 11) is 0. The summed E-state index contributed by atoms with van der Waals surface area (Å²) < 4.78 is 0. The van der Waals surface area contributed by atoms with Crippen molar-refractivity contribution >= 4 is 11.7 Å². The third-order valence-corrected chi connectivity index (χ3v) is 6.51. The van der Waals surface area contributed by atoms with Gasteiger partial charge in [-0.25, -0.2) is 4.79 Å². The Bertz CT molecular complexity index is 801. The molecule has 3 heteroatoms. The first kappa shape index (κ1) is 14.1. The highest BCUT2D eigenvalue weighted by Gasteiger charge is 2.54. The summed E-state index contributed by atoms with van der Waals surface area (Å²) in [5.41, 5.74) is 3.78. The van der Waals surface area contributed by atoms with Crippen LogP contribution in [0.4, 0.5) is 5.69 Å². The fourth-order valence-electron chi connectivity index (χ4n) is 5.68. The molecule has 0 unspecified atom stereocenters. The van der Waals surface area contributed by atoms with E-state index in [4.69, 9.17) is 0 Å². The van der Waals surface area contributed by atoms with E-state index in [2.05, 4.69) is 35.6 Å². The maximum absolute atomic E-state index is 11.7. The summed E-state index contributed by atoms with van der Waals surface area (Å²) in [6.45, 7) is 0. The van der Waals surface area contributed by atoms with Crippen LogP contribution in [0, 0.1) is 17.8 Å². The van der Waals surface area contributed by atoms with Crippen molar-refractivity contribution in [3.05, 3.63) is 65.2 Å². The van der Waals surface area contributed by atoms with Gasteiger partial charge in [0.25, 0.3) is 0 Å². The van der Waals surface area contributed by atoms with Gasteiger partial charge in [0.05, 0.1) is 17.3 Å². The van der Waals surface area contributed by atoms with Gasteiger partial charge in [0.2, 0.25) is 0 Å². The van der Waals surface area contributed by atoms with Crippen LogP contribution in [0.1, 0.15) is 52.7 Å². The number of rotatable bonds is 2. The molecule has 5 rings (SSSR count). The molecular formula is C21H21NO2. The Hall–Kier alpha value is -2.29. The smallest absolute Gasteiger partial charge is 0.337 e.